The predicted octanol–water partition coefficient (Wildman–Crippen LogP) is 9.73. The van der Waals surface area contributed by atoms with Crippen LogP contribution in [0.25, 0.3) is 0 Å². The molecule has 0 bridgehead atoms. The molecule has 2 rings (SSSR count). The quantitative estimate of drug-likeness (QED) is 0.270. The molecule has 0 saturated heterocycles. The van der Waals surface area contributed by atoms with Gasteiger partial charge in [0.1, 0.15) is 0 Å². The van der Waals surface area contributed by atoms with Crippen molar-refractivity contribution in [1.82, 2.24) is 0 Å². The molecule has 0 nitrogen and oxygen atoms in total. The molecule has 0 fully saturated rings. The normalized spacial score (nSPS) is 11.9. The van der Waals surface area contributed by atoms with Crippen molar-refractivity contribution in [1.29, 1.82) is 0 Å². The van der Waals surface area contributed by atoms with E-state index in [0.29, 0.717) is 0 Å². The van der Waals surface area contributed by atoms with Gasteiger partial charge in [-0.15, -0.1) is 0 Å². The Labute approximate surface area is 206 Å². The fraction of sp³-hybridized carbons (Fsp3) is 0.636. The fourth-order valence-corrected chi connectivity index (χ4v) is 6.00. The fourth-order valence-electron chi connectivity index (χ4n) is 6.00. The van der Waals surface area contributed by atoms with Crippen LogP contribution >= 0.6 is 0 Å². The first-order chi connectivity index (χ1) is 15.9. The van der Waals surface area contributed by atoms with E-state index in [4.69, 9.17) is 0 Å². The topological polar surface area (TPSA) is 0 Å². The summed E-state index contributed by atoms with van der Waals surface area (Å²) in [7, 11) is 0. The molecule has 0 radical (unpaired) electrons. The third-order valence-electron chi connectivity index (χ3n) is 7.44. The lowest BCUT2D eigenvalue weighted by Crippen LogP contribution is -2.25. The van der Waals surface area contributed by atoms with Gasteiger partial charge in [-0.25, -0.2) is 0 Å². The summed E-state index contributed by atoms with van der Waals surface area (Å²) in [6.07, 6.45) is 14.6. The third kappa shape index (κ3) is 6.32. The first-order valence-electron chi connectivity index (χ1n) is 14.2. The molecule has 0 N–H and O–H groups in total. The highest BCUT2D eigenvalue weighted by Crippen LogP contribution is 2.41. The summed E-state index contributed by atoms with van der Waals surface area (Å²) in [6, 6.07) is 9.96. The van der Waals surface area contributed by atoms with Gasteiger partial charge in [-0.3, -0.25) is 0 Å². The summed E-state index contributed by atoms with van der Waals surface area (Å²) >= 11 is 0. The molecule has 33 heavy (non-hydrogen) atoms. The number of rotatable bonds is 14. The van der Waals surface area contributed by atoms with Gasteiger partial charge in [0, 0.05) is 5.41 Å². The number of hydrogen-bond acceptors (Lipinski definition) is 0. The van der Waals surface area contributed by atoms with Gasteiger partial charge in [-0.05, 0) is 83.0 Å². The van der Waals surface area contributed by atoms with E-state index in [1.54, 1.807) is 44.5 Å². The van der Waals surface area contributed by atoms with Crippen LogP contribution in [0, 0.1) is 0 Å². The molecule has 0 aliphatic rings. The second-order valence-electron chi connectivity index (χ2n) is 10.6. The molecular formula is C33H52. The van der Waals surface area contributed by atoms with E-state index in [1.165, 1.54) is 77.0 Å². The van der Waals surface area contributed by atoms with Crippen molar-refractivity contribution in [3.8, 4) is 0 Å². The largest absolute Gasteiger partial charge is 0.0651 e. The van der Waals surface area contributed by atoms with Crippen molar-refractivity contribution in [2.45, 2.75) is 138 Å². The summed E-state index contributed by atoms with van der Waals surface area (Å²) < 4.78 is 0. The lowest BCUT2D eigenvalue weighted by atomic mass is 9.70. The Hall–Kier alpha value is -1.56. The smallest absolute Gasteiger partial charge is 0.0152 e. The summed E-state index contributed by atoms with van der Waals surface area (Å²) in [5, 5.41) is 0. The van der Waals surface area contributed by atoms with Crippen molar-refractivity contribution >= 4 is 0 Å². The summed E-state index contributed by atoms with van der Waals surface area (Å²) in [6.45, 7) is 19.0. The highest BCUT2D eigenvalue weighted by atomic mass is 14.3. The Bertz CT molecular complexity index is 797. The maximum Gasteiger partial charge on any atom is 0.0152 e. The van der Waals surface area contributed by atoms with E-state index in [9.17, 15) is 0 Å². The number of aryl methyl sites for hydroxylation is 2. The molecule has 0 saturated carbocycles. The van der Waals surface area contributed by atoms with E-state index in [1.807, 2.05) is 0 Å². The van der Waals surface area contributed by atoms with Gasteiger partial charge in [0.15, 0.2) is 0 Å². The van der Waals surface area contributed by atoms with Crippen LogP contribution in [0.1, 0.15) is 138 Å². The van der Waals surface area contributed by atoms with Gasteiger partial charge < -0.3 is 0 Å². The van der Waals surface area contributed by atoms with Crippen LogP contribution in [-0.4, -0.2) is 0 Å². The second kappa shape index (κ2) is 13.4. The lowest BCUT2D eigenvalue weighted by molar-refractivity contribution is 0.611. The Morgan fingerprint density at radius 3 is 1.03 bits per heavy atom. The van der Waals surface area contributed by atoms with Crippen molar-refractivity contribution in [3.63, 3.8) is 0 Å². The molecule has 0 heteroatoms. The molecule has 0 atom stereocenters. The van der Waals surface area contributed by atoms with Crippen molar-refractivity contribution in [2.75, 3.05) is 0 Å². The van der Waals surface area contributed by atoms with E-state index >= 15 is 0 Å². The third-order valence-corrected chi connectivity index (χ3v) is 7.44. The molecule has 0 amide bonds. The minimum atomic E-state index is 0.0233. The number of hydrogen-bond donors (Lipinski definition) is 0. The van der Waals surface area contributed by atoms with Gasteiger partial charge in [0.2, 0.25) is 0 Å². The molecule has 0 aromatic heterocycles. The predicted molar refractivity (Wildman–Crippen MR) is 149 cm³/mol. The molecule has 0 unspecified atom stereocenters. The lowest BCUT2D eigenvalue weighted by Gasteiger charge is -2.34. The molecular weight excluding hydrogens is 396 g/mol. The van der Waals surface area contributed by atoms with Crippen molar-refractivity contribution in [2.24, 2.45) is 0 Å². The first kappa shape index (κ1) is 27.7. The molecule has 0 heterocycles. The monoisotopic (exact) mass is 448 g/mol. The Morgan fingerprint density at radius 1 is 0.424 bits per heavy atom. The van der Waals surface area contributed by atoms with Gasteiger partial charge >= 0.3 is 0 Å². The summed E-state index contributed by atoms with van der Waals surface area (Å²) in [4.78, 5) is 0. The first-order valence-corrected chi connectivity index (χ1v) is 14.2. The van der Waals surface area contributed by atoms with Crippen LogP contribution in [0.3, 0.4) is 0 Å². The maximum absolute atomic E-state index is 2.50. The zero-order valence-electron chi connectivity index (χ0n) is 23.3. The van der Waals surface area contributed by atoms with E-state index in [0.717, 1.165) is 0 Å². The van der Waals surface area contributed by atoms with Gasteiger partial charge in [-0.2, -0.15) is 0 Å². The van der Waals surface area contributed by atoms with Gasteiger partial charge in [0.05, 0.1) is 0 Å². The molecule has 2 aromatic carbocycles. The van der Waals surface area contributed by atoms with E-state index in [2.05, 4.69) is 79.7 Å². The van der Waals surface area contributed by atoms with Gasteiger partial charge in [0.25, 0.3) is 0 Å². The Kier molecular flexibility index (Phi) is 11.2. The molecule has 0 aliphatic heterocycles. The summed E-state index contributed by atoms with van der Waals surface area (Å²) in [5.41, 5.74) is 13.0. The van der Waals surface area contributed by atoms with Gasteiger partial charge in [-0.1, -0.05) is 118 Å². The zero-order valence-corrected chi connectivity index (χ0v) is 23.3. The van der Waals surface area contributed by atoms with E-state index < -0.39 is 0 Å². The average molecular weight is 449 g/mol. The average Bonchev–Trinajstić information content (AvgIpc) is 2.78. The van der Waals surface area contributed by atoms with Crippen LogP contribution < -0.4 is 0 Å². The Balaban J connectivity index is 2.79. The Morgan fingerprint density at radius 2 is 0.727 bits per heavy atom. The molecule has 0 aliphatic carbocycles. The van der Waals surface area contributed by atoms with Crippen LogP contribution in [0.4, 0.5) is 0 Å². The minimum absolute atomic E-state index is 0.0233. The van der Waals surface area contributed by atoms with Crippen LogP contribution in [0.2, 0.25) is 0 Å². The van der Waals surface area contributed by atoms with Crippen molar-refractivity contribution < 1.29 is 0 Å². The highest BCUT2D eigenvalue weighted by Gasteiger charge is 2.30. The SMILES string of the molecule is CCCc1ccc(C(C)(C)c2ccc(CCC)c(CCC)c2CCC)c(CCC)c1CCC. The summed E-state index contributed by atoms with van der Waals surface area (Å²) in [5.74, 6) is 0. The van der Waals surface area contributed by atoms with E-state index in [-0.39, 0.29) is 5.41 Å². The van der Waals surface area contributed by atoms with Crippen molar-refractivity contribution in [3.05, 3.63) is 68.8 Å². The second-order valence-corrected chi connectivity index (χ2v) is 10.6. The molecule has 184 valence electrons. The minimum Gasteiger partial charge on any atom is -0.0651 e. The highest BCUT2D eigenvalue weighted by molar-refractivity contribution is 5.53. The van der Waals surface area contributed by atoms with Crippen LogP contribution in [0.5, 0.6) is 0 Å². The van der Waals surface area contributed by atoms with Crippen LogP contribution in [-0.2, 0) is 43.9 Å². The van der Waals surface area contributed by atoms with Crippen LogP contribution in [0.15, 0.2) is 24.3 Å². The zero-order chi connectivity index (χ0) is 24.4. The number of benzene rings is 2. The molecule has 2 aromatic rings. The maximum atomic E-state index is 2.50. The molecule has 0 spiro atoms. The standard InChI is InChI=1S/C33H52/c1-9-15-25-21-23-31(29(19-13-5)27(25)17-11-3)33(7,8)32-24-22-26(16-10-2)28(18-12-4)30(32)20-14-6/h21-24H,9-20H2,1-8H3.